The molecule has 4 aromatic rings. The monoisotopic (exact) mass is 522 g/mol. The summed E-state index contributed by atoms with van der Waals surface area (Å²) < 4.78 is 2.35. The summed E-state index contributed by atoms with van der Waals surface area (Å²) >= 11 is 20.5. The number of hydrogen-bond donors (Lipinski definition) is 0. The lowest BCUT2D eigenvalue weighted by molar-refractivity contribution is 0.585. The fourth-order valence-electron chi connectivity index (χ4n) is 4.76. The standard InChI is InChI=1S/C27H17Cl3N2OS/c28-17-11-9-16(22(30)14-17)13-23-26(33)32-25(19-7-3-4-8-21(19)29)20-12-10-15-5-1-2-6-18(15)24(20)31-27(32)34-23/h1-9,11,13-14,25H,10,12H2. The molecular formula is C27H17Cl3N2OS. The van der Waals surface area contributed by atoms with E-state index in [4.69, 9.17) is 39.8 Å². The second kappa shape index (κ2) is 8.54. The Balaban J connectivity index is 1.65. The van der Waals surface area contributed by atoms with Gasteiger partial charge in [-0.2, -0.15) is 0 Å². The Bertz CT molecular complexity index is 1680. The number of rotatable bonds is 2. The van der Waals surface area contributed by atoms with Gasteiger partial charge in [0.15, 0.2) is 4.80 Å². The van der Waals surface area contributed by atoms with Crippen molar-refractivity contribution in [1.82, 2.24) is 4.57 Å². The number of aromatic nitrogens is 1. The summed E-state index contributed by atoms with van der Waals surface area (Å²) in [5, 5.41) is 1.68. The molecule has 2 aliphatic rings. The van der Waals surface area contributed by atoms with Crippen molar-refractivity contribution in [3.63, 3.8) is 0 Å². The van der Waals surface area contributed by atoms with Crippen molar-refractivity contribution in [3.05, 3.63) is 129 Å². The van der Waals surface area contributed by atoms with E-state index in [1.165, 1.54) is 16.9 Å². The van der Waals surface area contributed by atoms with Gasteiger partial charge in [-0.25, -0.2) is 4.99 Å². The molecule has 0 saturated carbocycles. The molecule has 1 aliphatic carbocycles. The number of fused-ring (bicyclic) bond motifs is 3. The van der Waals surface area contributed by atoms with Crippen LogP contribution in [0.3, 0.4) is 0 Å². The van der Waals surface area contributed by atoms with Crippen LogP contribution in [-0.2, 0) is 6.42 Å². The first kappa shape index (κ1) is 21.9. The zero-order valence-corrected chi connectivity index (χ0v) is 20.8. The maximum absolute atomic E-state index is 13.8. The van der Waals surface area contributed by atoms with Crippen molar-refractivity contribution in [3.8, 4) is 0 Å². The zero-order valence-electron chi connectivity index (χ0n) is 17.8. The van der Waals surface area contributed by atoms with Crippen LogP contribution < -0.4 is 14.9 Å². The maximum Gasteiger partial charge on any atom is 0.271 e. The second-order valence-electron chi connectivity index (χ2n) is 8.30. The van der Waals surface area contributed by atoms with Crippen LogP contribution in [0.4, 0.5) is 0 Å². The summed E-state index contributed by atoms with van der Waals surface area (Å²) in [5.41, 5.74) is 6.00. The number of allylic oxidation sites excluding steroid dienone is 1. The van der Waals surface area contributed by atoms with E-state index >= 15 is 0 Å². The molecule has 1 aliphatic heterocycles. The number of aryl methyl sites for hydroxylation is 1. The van der Waals surface area contributed by atoms with Gasteiger partial charge in [-0.1, -0.05) is 94.7 Å². The Kier molecular flexibility index (Phi) is 5.50. The highest BCUT2D eigenvalue weighted by Gasteiger charge is 2.33. The summed E-state index contributed by atoms with van der Waals surface area (Å²) in [4.78, 5) is 19.4. The first-order valence-corrected chi connectivity index (χ1v) is 12.8. The molecule has 6 rings (SSSR count). The van der Waals surface area contributed by atoms with Crippen molar-refractivity contribution in [2.24, 2.45) is 4.99 Å². The summed E-state index contributed by atoms with van der Waals surface area (Å²) in [7, 11) is 0. The molecule has 168 valence electrons. The minimum atomic E-state index is -0.309. The molecule has 0 saturated heterocycles. The number of nitrogens with zero attached hydrogens (tertiary/aromatic N) is 2. The average molecular weight is 524 g/mol. The molecule has 0 amide bonds. The molecule has 0 N–H and O–H groups in total. The summed E-state index contributed by atoms with van der Waals surface area (Å²) in [6.45, 7) is 0. The number of thiazole rings is 1. The van der Waals surface area contributed by atoms with Gasteiger partial charge < -0.3 is 0 Å². The molecule has 3 aromatic carbocycles. The van der Waals surface area contributed by atoms with Crippen LogP contribution in [0.1, 0.15) is 34.7 Å². The summed E-state index contributed by atoms with van der Waals surface area (Å²) in [6, 6.07) is 21.0. The molecule has 0 bridgehead atoms. The minimum absolute atomic E-state index is 0.106. The van der Waals surface area contributed by atoms with Gasteiger partial charge in [0.2, 0.25) is 0 Å². The second-order valence-corrected chi connectivity index (χ2v) is 10.6. The molecule has 0 radical (unpaired) electrons. The van der Waals surface area contributed by atoms with E-state index in [2.05, 4.69) is 18.2 Å². The van der Waals surface area contributed by atoms with Crippen molar-refractivity contribution < 1.29 is 0 Å². The van der Waals surface area contributed by atoms with Crippen molar-refractivity contribution in [1.29, 1.82) is 0 Å². The van der Waals surface area contributed by atoms with Crippen LogP contribution in [-0.4, -0.2) is 4.57 Å². The highest BCUT2D eigenvalue weighted by Crippen LogP contribution is 2.42. The first-order valence-electron chi connectivity index (χ1n) is 10.8. The number of hydrogen-bond acceptors (Lipinski definition) is 3. The quantitative estimate of drug-likeness (QED) is 0.304. The third-order valence-corrected chi connectivity index (χ3v) is 8.21. The van der Waals surface area contributed by atoms with Gasteiger partial charge in [-0.3, -0.25) is 9.36 Å². The van der Waals surface area contributed by atoms with Crippen LogP contribution in [0.2, 0.25) is 15.1 Å². The molecule has 0 fully saturated rings. The number of halogens is 3. The van der Waals surface area contributed by atoms with Gasteiger partial charge in [0, 0.05) is 20.6 Å². The van der Waals surface area contributed by atoms with E-state index in [9.17, 15) is 4.79 Å². The number of benzene rings is 3. The summed E-state index contributed by atoms with van der Waals surface area (Å²) in [5.74, 6) is 0. The van der Waals surface area contributed by atoms with Crippen molar-refractivity contribution in [2.75, 3.05) is 0 Å². The normalized spacial score (nSPS) is 17.1. The van der Waals surface area contributed by atoms with Gasteiger partial charge in [0.25, 0.3) is 5.56 Å². The Morgan fingerprint density at radius 3 is 2.56 bits per heavy atom. The first-order chi connectivity index (χ1) is 16.5. The smallest absolute Gasteiger partial charge is 0.271 e. The fraction of sp³-hybridized carbons (Fsp3) is 0.111. The van der Waals surface area contributed by atoms with E-state index in [0.717, 1.165) is 40.8 Å². The van der Waals surface area contributed by atoms with Crippen LogP contribution in [0.5, 0.6) is 0 Å². The third kappa shape index (κ3) is 3.57. The van der Waals surface area contributed by atoms with Crippen molar-refractivity contribution >= 4 is 57.9 Å². The van der Waals surface area contributed by atoms with Gasteiger partial charge in [-0.05, 0) is 59.4 Å². The van der Waals surface area contributed by atoms with Gasteiger partial charge in [0.05, 0.1) is 16.3 Å². The van der Waals surface area contributed by atoms with E-state index in [1.54, 1.807) is 16.7 Å². The lowest BCUT2D eigenvalue weighted by Gasteiger charge is -2.31. The van der Waals surface area contributed by atoms with E-state index in [0.29, 0.717) is 24.4 Å². The Morgan fingerprint density at radius 1 is 0.941 bits per heavy atom. The lowest BCUT2D eigenvalue weighted by Crippen LogP contribution is -2.38. The highest BCUT2D eigenvalue weighted by molar-refractivity contribution is 7.07. The molecule has 1 unspecified atom stereocenters. The largest absolute Gasteiger partial charge is 0.272 e. The van der Waals surface area contributed by atoms with Crippen LogP contribution in [0, 0.1) is 0 Å². The van der Waals surface area contributed by atoms with E-state index < -0.39 is 0 Å². The summed E-state index contributed by atoms with van der Waals surface area (Å²) in [6.07, 6.45) is 3.53. The Hall–Kier alpha value is -2.63. The SMILES string of the molecule is O=c1c(=Cc2ccc(Cl)cc2Cl)sc2n1C(c1ccccc1Cl)C1=C(N=2)c2ccccc2CC1. The molecule has 2 heterocycles. The lowest BCUT2D eigenvalue weighted by atomic mass is 9.83. The molecule has 7 heteroatoms. The van der Waals surface area contributed by atoms with E-state index in [-0.39, 0.29) is 11.6 Å². The van der Waals surface area contributed by atoms with Crippen LogP contribution in [0.25, 0.3) is 11.8 Å². The highest BCUT2D eigenvalue weighted by atomic mass is 35.5. The predicted octanol–water partition coefficient (Wildman–Crippen LogP) is 6.28. The van der Waals surface area contributed by atoms with E-state index in [1.807, 2.05) is 42.5 Å². The van der Waals surface area contributed by atoms with Crippen molar-refractivity contribution in [2.45, 2.75) is 18.9 Å². The zero-order chi connectivity index (χ0) is 23.4. The average Bonchev–Trinajstić information content (AvgIpc) is 3.14. The fourth-order valence-corrected chi connectivity index (χ4v) is 6.45. The Morgan fingerprint density at radius 2 is 1.74 bits per heavy atom. The van der Waals surface area contributed by atoms with Gasteiger partial charge in [0.1, 0.15) is 0 Å². The minimum Gasteiger partial charge on any atom is -0.272 e. The molecule has 34 heavy (non-hydrogen) atoms. The molecular weight excluding hydrogens is 507 g/mol. The molecule has 0 spiro atoms. The topological polar surface area (TPSA) is 34.4 Å². The molecule has 1 atom stereocenters. The van der Waals surface area contributed by atoms with Crippen LogP contribution in [0.15, 0.2) is 82.1 Å². The van der Waals surface area contributed by atoms with Gasteiger partial charge in [-0.15, -0.1) is 0 Å². The molecule has 3 nitrogen and oxygen atoms in total. The molecule has 1 aromatic heterocycles. The third-order valence-electron chi connectivity index (χ3n) is 6.32. The Labute approximate surface area is 214 Å². The maximum atomic E-state index is 13.8. The van der Waals surface area contributed by atoms with Crippen LogP contribution >= 0.6 is 46.1 Å². The predicted molar refractivity (Wildman–Crippen MR) is 141 cm³/mol. The van der Waals surface area contributed by atoms with Gasteiger partial charge >= 0.3 is 0 Å².